The van der Waals surface area contributed by atoms with Gasteiger partial charge in [-0.25, -0.2) is 4.98 Å². The number of anilines is 1. The molecule has 0 radical (unpaired) electrons. The standard InChI is InChI=1S/C15H20N4O2S/c1-20-11-3-2-10(19-6-8-21-9-7-19)13-12(11)18-15(22-13)14-16-4-5-17-14/h2-3,14,16-17H,4-9H2,1H3. The first-order chi connectivity index (χ1) is 10.9. The van der Waals surface area contributed by atoms with E-state index < -0.39 is 0 Å². The summed E-state index contributed by atoms with van der Waals surface area (Å²) in [6.45, 7) is 5.38. The van der Waals surface area contributed by atoms with Gasteiger partial charge in [0.1, 0.15) is 22.4 Å². The molecule has 3 heterocycles. The Kier molecular flexibility index (Phi) is 3.87. The Morgan fingerprint density at radius 2 is 2.05 bits per heavy atom. The highest BCUT2D eigenvalue weighted by Crippen LogP contribution is 2.39. The average Bonchev–Trinajstić information content (AvgIpc) is 3.23. The fourth-order valence-corrected chi connectivity index (χ4v) is 4.18. The van der Waals surface area contributed by atoms with Gasteiger partial charge >= 0.3 is 0 Å². The molecule has 22 heavy (non-hydrogen) atoms. The van der Waals surface area contributed by atoms with Gasteiger partial charge in [-0.3, -0.25) is 10.6 Å². The normalized spacial score (nSPS) is 20.0. The number of nitrogens with one attached hydrogen (secondary N) is 2. The van der Waals surface area contributed by atoms with E-state index >= 15 is 0 Å². The predicted octanol–water partition coefficient (Wildman–Crippen LogP) is 1.33. The first-order valence-corrected chi connectivity index (χ1v) is 8.45. The lowest BCUT2D eigenvalue weighted by atomic mass is 10.2. The summed E-state index contributed by atoms with van der Waals surface area (Å²) in [4.78, 5) is 7.21. The van der Waals surface area contributed by atoms with Crippen LogP contribution in [-0.4, -0.2) is 51.5 Å². The first kappa shape index (κ1) is 14.2. The van der Waals surface area contributed by atoms with Crippen molar-refractivity contribution in [2.45, 2.75) is 6.17 Å². The number of fused-ring (bicyclic) bond motifs is 1. The molecule has 4 rings (SSSR count). The summed E-state index contributed by atoms with van der Waals surface area (Å²) in [6, 6.07) is 4.16. The second-order valence-corrected chi connectivity index (χ2v) is 6.49. The van der Waals surface area contributed by atoms with Crippen molar-refractivity contribution in [3.63, 3.8) is 0 Å². The highest BCUT2D eigenvalue weighted by Gasteiger charge is 2.23. The van der Waals surface area contributed by atoms with Crippen LogP contribution in [-0.2, 0) is 4.74 Å². The van der Waals surface area contributed by atoms with E-state index in [9.17, 15) is 0 Å². The van der Waals surface area contributed by atoms with Crippen LogP contribution >= 0.6 is 11.3 Å². The van der Waals surface area contributed by atoms with Crippen LogP contribution in [0.25, 0.3) is 10.2 Å². The van der Waals surface area contributed by atoms with Crippen molar-refractivity contribution in [1.82, 2.24) is 15.6 Å². The number of aromatic nitrogens is 1. The zero-order chi connectivity index (χ0) is 14.9. The first-order valence-electron chi connectivity index (χ1n) is 7.64. The van der Waals surface area contributed by atoms with Gasteiger partial charge in [-0.2, -0.15) is 0 Å². The molecule has 2 fully saturated rings. The summed E-state index contributed by atoms with van der Waals surface area (Å²) in [5.41, 5.74) is 2.20. The third kappa shape index (κ3) is 2.44. The predicted molar refractivity (Wildman–Crippen MR) is 88.0 cm³/mol. The van der Waals surface area contributed by atoms with Gasteiger partial charge < -0.3 is 14.4 Å². The van der Waals surface area contributed by atoms with Crippen LogP contribution in [0.15, 0.2) is 12.1 Å². The molecular formula is C15H20N4O2S. The molecule has 0 aliphatic carbocycles. The molecule has 0 spiro atoms. The molecule has 2 saturated heterocycles. The van der Waals surface area contributed by atoms with Gasteiger partial charge in [-0.15, -0.1) is 11.3 Å². The smallest absolute Gasteiger partial charge is 0.146 e. The van der Waals surface area contributed by atoms with Crippen molar-refractivity contribution in [2.75, 3.05) is 51.4 Å². The molecular weight excluding hydrogens is 300 g/mol. The Morgan fingerprint density at radius 3 is 2.77 bits per heavy atom. The van der Waals surface area contributed by atoms with Crippen molar-refractivity contribution in [1.29, 1.82) is 0 Å². The molecule has 118 valence electrons. The maximum Gasteiger partial charge on any atom is 0.146 e. The number of methoxy groups -OCH3 is 1. The van der Waals surface area contributed by atoms with Gasteiger partial charge in [0, 0.05) is 26.2 Å². The van der Waals surface area contributed by atoms with Crippen molar-refractivity contribution < 1.29 is 9.47 Å². The van der Waals surface area contributed by atoms with E-state index in [-0.39, 0.29) is 6.17 Å². The lowest BCUT2D eigenvalue weighted by Crippen LogP contribution is -2.36. The average molecular weight is 320 g/mol. The van der Waals surface area contributed by atoms with E-state index in [1.54, 1.807) is 18.4 Å². The molecule has 2 aromatic rings. The summed E-state index contributed by atoms with van der Waals surface area (Å²) in [5.74, 6) is 0.840. The molecule has 1 aromatic heterocycles. The molecule has 2 aliphatic heterocycles. The van der Waals surface area contributed by atoms with Crippen molar-refractivity contribution in [2.24, 2.45) is 0 Å². The Hall–Kier alpha value is -1.41. The van der Waals surface area contributed by atoms with Crippen molar-refractivity contribution in [3.05, 3.63) is 17.1 Å². The molecule has 0 atom stereocenters. The summed E-state index contributed by atoms with van der Waals surface area (Å²) in [7, 11) is 1.70. The summed E-state index contributed by atoms with van der Waals surface area (Å²) >= 11 is 1.75. The van der Waals surface area contributed by atoms with E-state index in [0.29, 0.717) is 0 Å². The Morgan fingerprint density at radius 1 is 1.27 bits per heavy atom. The number of hydrogen-bond acceptors (Lipinski definition) is 7. The van der Waals surface area contributed by atoms with Gasteiger partial charge in [0.05, 0.1) is 30.7 Å². The molecule has 2 aliphatic rings. The van der Waals surface area contributed by atoms with Crippen LogP contribution in [0.3, 0.4) is 0 Å². The Balaban J connectivity index is 1.79. The van der Waals surface area contributed by atoms with Gasteiger partial charge in [0.2, 0.25) is 0 Å². The lowest BCUT2D eigenvalue weighted by molar-refractivity contribution is 0.123. The van der Waals surface area contributed by atoms with Gasteiger partial charge in [0.25, 0.3) is 0 Å². The minimum Gasteiger partial charge on any atom is -0.494 e. The number of rotatable bonds is 3. The summed E-state index contributed by atoms with van der Waals surface area (Å²) < 4.78 is 12.2. The Bertz CT molecular complexity index is 663. The number of nitrogens with zero attached hydrogens (tertiary/aromatic N) is 2. The van der Waals surface area contributed by atoms with E-state index in [1.165, 1.54) is 10.4 Å². The Labute approximate surface area is 133 Å². The van der Waals surface area contributed by atoms with Crippen LogP contribution in [0.5, 0.6) is 5.75 Å². The minimum absolute atomic E-state index is 0.152. The molecule has 6 nitrogen and oxygen atoms in total. The van der Waals surface area contributed by atoms with Crippen LogP contribution in [0.4, 0.5) is 5.69 Å². The largest absolute Gasteiger partial charge is 0.494 e. The highest BCUT2D eigenvalue weighted by atomic mass is 32.1. The maximum absolute atomic E-state index is 5.51. The van der Waals surface area contributed by atoms with Crippen molar-refractivity contribution >= 4 is 27.2 Å². The van der Waals surface area contributed by atoms with Crippen LogP contribution in [0, 0.1) is 0 Å². The van der Waals surface area contributed by atoms with E-state index in [1.807, 2.05) is 6.07 Å². The molecule has 0 amide bonds. The van der Waals surface area contributed by atoms with Crippen LogP contribution in [0.2, 0.25) is 0 Å². The molecule has 2 N–H and O–H groups in total. The van der Waals surface area contributed by atoms with Crippen LogP contribution < -0.4 is 20.3 Å². The second-order valence-electron chi connectivity index (χ2n) is 5.46. The zero-order valence-electron chi connectivity index (χ0n) is 12.6. The fraction of sp³-hybridized carbons (Fsp3) is 0.533. The number of thiazole rings is 1. The quantitative estimate of drug-likeness (QED) is 0.890. The van der Waals surface area contributed by atoms with Gasteiger partial charge in [-0.05, 0) is 12.1 Å². The molecule has 0 unspecified atom stereocenters. The monoisotopic (exact) mass is 320 g/mol. The van der Waals surface area contributed by atoms with E-state index in [0.717, 1.165) is 55.7 Å². The van der Waals surface area contributed by atoms with Crippen molar-refractivity contribution in [3.8, 4) is 5.75 Å². The third-order valence-corrected chi connectivity index (χ3v) is 5.29. The van der Waals surface area contributed by atoms with Crippen LogP contribution in [0.1, 0.15) is 11.2 Å². The maximum atomic E-state index is 5.51. The van der Waals surface area contributed by atoms with Gasteiger partial charge in [-0.1, -0.05) is 0 Å². The number of hydrogen-bond donors (Lipinski definition) is 2. The molecule has 0 bridgehead atoms. The number of morpholine rings is 1. The minimum atomic E-state index is 0.152. The van der Waals surface area contributed by atoms with E-state index in [2.05, 4.69) is 21.6 Å². The summed E-state index contributed by atoms with van der Waals surface area (Å²) in [5, 5.41) is 7.94. The number of ether oxygens (including phenoxy) is 2. The second kappa shape index (κ2) is 6.00. The SMILES string of the molecule is COc1ccc(N2CCOCC2)c2sc(C3NCCN3)nc12. The van der Waals surface area contributed by atoms with E-state index in [4.69, 9.17) is 14.5 Å². The summed E-state index contributed by atoms with van der Waals surface area (Å²) in [6.07, 6.45) is 0.152. The lowest BCUT2D eigenvalue weighted by Gasteiger charge is -2.29. The molecule has 1 aromatic carbocycles. The molecule has 0 saturated carbocycles. The fourth-order valence-electron chi connectivity index (χ4n) is 3.01. The number of benzene rings is 1. The van der Waals surface area contributed by atoms with Gasteiger partial charge in [0.15, 0.2) is 0 Å². The zero-order valence-corrected chi connectivity index (χ0v) is 13.4. The topological polar surface area (TPSA) is 58.7 Å². The third-order valence-electron chi connectivity index (χ3n) is 4.14. The highest BCUT2D eigenvalue weighted by molar-refractivity contribution is 7.19. The molecule has 7 heteroatoms.